The van der Waals surface area contributed by atoms with Crippen LogP contribution in [0.25, 0.3) is 11.0 Å². The maximum absolute atomic E-state index is 13.5. The minimum Gasteiger partial charge on any atom is -0.468 e. The fourth-order valence-electron chi connectivity index (χ4n) is 1.80. The Bertz CT molecular complexity index is 626. The van der Waals surface area contributed by atoms with Gasteiger partial charge < -0.3 is 9.72 Å². The molecule has 0 fully saturated rings. The van der Waals surface area contributed by atoms with Crippen LogP contribution in [0.2, 0.25) is 0 Å². The average Bonchev–Trinajstić information content (AvgIpc) is 2.65. The predicted molar refractivity (Wildman–Crippen MR) is 66.3 cm³/mol. The largest absolute Gasteiger partial charge is 0.468 e. The second-order valence-electron chi connectivity index (χ2n) is 5.53. The van der Waals surface area contributed by atoms with Crippen molar-refractivity contribution in [1.82, 2.24) is 9.97 Å². The van der Waals surface area contributed by atoms with Crippen molar-refractivity contribution in [2.45, 2.75) is 32.4 Å². The number of alkyl halides is 3. The second-order valence-corrected chi connectivity index (χ2v) is 5.53. The van der Waals surface area contributed by atoms with Gasteiger partial charge in [0.25, 0.3) is 0 Å². The molecule has 0 unspecified atom stereocenters. The Morgan fingerprint density at radius 1 is 1.25 bits per heavy atom. The van der Waals surface area contributed by atoms with Gasteiger partial charge in [-0.15, -0.1) is 0 Å². The first-order chi connectivity index (χ1) is 9.08. The molecular formula is C13H14F4N2O. The molecule has 2 heterocycles. The van der Waals surface area contributed by atoms with Crippen LogP contribution in [0.5, 0.6) is 5.88 Å². The van der Waals surface area contributed by atoms with Crippen LogP contribution >= 0.6 is 0 Å². The molecule has 0 aromatic carbocycles. The molecule has 0 radical (unpaired) electrons. The summed E-state index contributed by atoms with van der Waals surface area (Å²) in [6.45, 7) is 3.94. The lowest BCUT2D eigenvalue weighted by Gasteiger charge is -2.22. The van der Waals surface area contributed by atoms with Crippen molar-refractivity contribution in [2.75, 3.05) is 6.61 Å². The summed E-state index contributed by atoms with van der Waals surface area (Å²) in [5.74, 6) is -0.635. The van der Waals surface area contributed by atoms with Crippen LogP contribution in [0.4, 0.5) is 17.6 Å². The molecule has 0 amide bonds. The molecule has 0 bridgehead atoms. The molecule has 0 saturated carbocycles. The number of fused-ring (bicyclic) bond motifs is 1. The van der Waals surface area contributed by atoms with Gasteiger partial charge in [-0.2, -0.15) is 18.2 Å². The number of nitrogens with zero attached hydrogens (tertiary/aromatic N) is 1. The highest BCUT2D eigenvalue weighted by Crippen LogP contribution is 2.34. The van der Waals surface area contributed by atoms with E-state index in [0.717, 1.165) is 6.20 Å². The zero-order chi connectivity index (χ0) is 15.1. The Hall–Kier alpha value is -1.79. The summed E-state index contributed by atoms with van der Waals surface area (Å²) >= 11 is 0. The highest BCUT2D eigenvalue weighted by atomic mass is 19.4. The lowest BCUT2D eigenvalue weighted by atomic mass is 9.87. The minimum absolute atomic E-state index is 0.135. The second kappa shape index (κ2) is 4.64. The zero-order valence-electron chi connectivity index (χ0n) is 11.2. The van der Waals surface area contributed by atoms with Crippen LogP contribution in [0, 0.1) is 5.82 Å². The van der Waals surface area contributed by atoms with Gasteiger partial charge in [0.2, 0.25) is 5.88 Å². The number of aromatic nitrogens is 2. The van der Waals surface area contributed by atoms with E-state index in [1.165, 1.54) is 6.07 Å². The van der Waals surface area contributed by atoms with E-state index in [9.17, 15) is 17.6 Å². The summed E-state index contributed by atoms with van der Waals surface area (Å²) in [7, 11) is 0. The summed E-state index contributed by atoms with van der Waals surface area (Å²) in [6, 6.07) is 1.47. The Labute approximate surface area is 113 Å². The number of hydrogen-bond acceptors (Lipinski definition) is 2. The molecule has 0 aliphatic rings. The van der Waals surface area contributed by atoms with E-state index in [2.05, 4.69) is 9.97 Å². The van der Waals surface area contributed by atoms with Gasteiger partial charge in [-0.1, -0.05) is 20.8 Å². The summed E-state index contributed by atoms with van der Waals surface area (Å²) in [6.07, 6.45) is -3.34. The Kier molecular flexibility index (Phi) is 3.39. The molecule has 3 nitrogen and oxygen atoms in total. The maximum Gasteiger partial charge on any atom is 0.422 e. The maximum atomic E-state index is 13.5. The first-order valence-corrected chi connectivity index (χ1v) is 5.95. The molecule has 20 heavy (non-hydrogen) atoms. The van der Waals surface area contributed by atoms with Crippen molar-refractivity contribution in [3.05, 3.63) is 23.6 Å². The van der Waals surface area contributed by atoms with Gasteiger partial charge in [-0.25, -0.2) is 4.39 Å². The molecule has 2 aromatic rings. The summed E-state index contributed by atoms with van der Waals surface area (Å²) in [4.78, 5) is 6.50. The monoisotopic (exact) mass is 290 g/mol. The molecular weight excluding hydrogens is 276 g/mol. The number of nitrogens with one attached hydrogen (secondary N) is 1. The van der Waals surface area contributed by atoms with Crippen LogP contribution in [0.15, 0.2) is 12.3 Å². The van der Waals surface area contributed by atoms with Gasteiger partial charge in [0.05, 0.1) is 5.39 Å². The normalized spacial score (nSPS) is 12.9. The van der Waals surface area contributed by atoms with E-state index in [1.54, 1.807) is 20.8 Å². The van der Waals surface area contributed by atoms with Crippen LogP contribution in [-0.4, -0.2) is 22.8 Å². The zero-order valence-corrected chi connectivity index (χ0v) is 11.2. The van der Waals surface area contributed by atoms with Gasteiger partial charge in [-0.05, 0) is 11.5 Å². The molecule has 0 atom stereocenters. The lowest BCUT2D eigenvalue weighted by molar-refractivity contribution is -0.154. The van der Waals surface area contributed by atoms with E-state index in [-0.39, 0.29) is 16.9 Å². The molecule has 1 N–H and O–H groups in total. The Morgan fingerprint density at radius 3 is 2.45 bits per heavy atom. The smallest absolute Gasteiger partial charge is 0.422 e. The van der Waals surface area contributed by atoms with Gasteiger partial charge in [-0.3, -0.25) is 0 Å². The number of pyridine rings is 1. The number of rotatable bonds is 2. The third kappa shape index (κ3) is 3.02. The van der Waals surface area contributed by atoms with E-state index >= 15 is 0 Å². The first-order valence-electron chi connectivity index (χ1n) is 5.95. The third-order valence-electron chi connectivity index (χ3n) is 2.76. The minimum atomic E-state index is -4.45. The van der Waals surface area contributed by atoms with Gasteiger partial charge in [0.1, 0.15) is 11.5 Å². The van der Waals surface area contributed by atoms with Crippen LogP contribution < -0.4 is 4.74 Å². The summed E-state index contributed by atoms with van der Waals surface area (Å²) < 4.78 is 55.1. The SMILES string of the molecule is CC(C)(C)c1cc2c(F)c[nH]c2nc1OCC(F)(F)F. The molecule has 2 aromatic heterocycles. The number of hydrogen-bond donors (Lipinski definition) is 1. The van der Waals surface area contributed by atoms with Crippen LogP contribution in [0.3, 0.4) is 0 Å². The summed E-state index contributed by atoms with van der Waals surface area (Å²) in [5.41, 5.74) is 0.0617. The highest BCUT2D eigenvalue weighted by Gasteiger charge is 2.31. The molecule has 7 heteroatoms. The quantitative estimate of drug-likeness (QED) is 0.851. The van der Waals surface area contributed by atoms with Crippen molar-refractivity contribution in [3.8, 4) is 5.88 Å². The van der Waals surface area contributed by atoms with Gasteiger partial charge >= 0.3 is 6.18 Å². The van der Waals surface area contributed by atoms with Gasteiger partial charge in [0.15, 0.2) is 6.61 Å². The van der Waals surface area contributed by atoms with Crippen molar-refractivity contribution in [1.29, 1.82) is 0 Å². The standard InChI is InChI=1S/C13H14F4N2O/c1-12(2,3)8-4-7-9(14)5-18-10(7)19-11(8)20-6-13(15,16)17/h4-5H,6H2,1-3H3,(H,18,19). The molecule has 0 spiro atoms. The highest BCUT2D eigenvalue weighted by molar-refractivity contribution is 5.78. The molecule has 0 aliphatic carbocycles. The molecule has 2 rings (SSSR count). The fraction of sp³-hybridized carbons (Fsp3) is 0.462. The van der Waals surface area contributed by atoms with E-state index in [0.29, 0.717) is 5.56 Å². The topological polar surface area (TPSA) is 37.9 Å². The fourth-order valence-corrected chi connectivity index (χ4v) is 1.80. The third-order valence-corrected chi connectivity index (χ3v) is 2.76. The Morgan fingerprint density at radius 2 is 1.90 bits per heavy atom. The molecule has 110 valence electrons. The summed E-state index contributed by atoms with van der Waals surface area (Å²) in [5, 5.41) is 0.231. The van der Waals surface area contributed by atoms with Crippen LogP contribution in [-0.2, 0) is 5.41 Å². The molecule has 0 saturated heterocycles. The van der Waals surface area contributed by atoms with E-state index in [1.807, 2.05) is 0 Å². The van der Waals surface area contributed by atoms with Crippen molar-refractivity contribution in [3.63, 3.8) is 0 Å². The lowest BCUT2D eigenvalue weighted by Crippen LogP contribution is -2.22. The number of halogens is 4. The van der Waals surface area contributed by atoms with Crippen LogP contribution in [0.1, 0.15) is 26.3 Å². The number of ether oxygens (including phenoxy) is 1. The van der Waals surface area contributed by atoms with E-state index in [4.69, 9.17) is 4.74 Å². The average molecular weight is 290 g/mol. The molecule has 0 aliphatic heterocycles. The predicted octanol–water partition coefficient (Wildman–Crippen LogP) is 3.94. The van der Waals surface area contributed by atoms with Crippen molar-refractivity contribution >= 4 is 11.0 Å². The number of aromatic amines is 1. The van der Waals surface area contributed by atoms with Gasteiger partial charge in [0, 0.05) is 11.8 Å². The van der Waals surface area contributed by atoms with E-state index < -0.39 is 24.0 Å². The Balaban J connectivity index is 2.50. The first kappa shape index (κ1) is 14.6. The number of H-pyrrole nitrogens is 1. The van der Waals surface area contributed by atoms with Crippen molar-refractivity contribution < 1.29 is 22.3 Å². The van der Waals surface area contributed by atoms with Crippen molar-refractivity contribution in [2.24, 2.45) is 0 Å².